The van der Waals surface area contributed by atoms with E-state index in [1.165, 1.54) is 25.0 Å². The molecule has 0 saturated carbocycles. The number of hydrogen-bond acceptors (Lipinski definition) is 7. The third kappa shape index (κ3) is 8.07. The lowest BCUT2D eigenvalue weighted by atomic mass is 10.0. The van der Waals surface area contributed by atoms with Gasteiger partial charge in [-0.1, -0.05) is 35.4 Å². The van der Waals surface area contributed by atoms with Gasteiger partial charge in [-0.15, -0.1) is 0 Å². The van der Waals surface area contributed by atoms with Gasteiger partial charge in [-0.2, -0.15) is 0 Å². The Morgan fingerprint density at radius 2 is 1.83 bits per heavy atom. The van der Waals surface area contributed by atoms with Crippen molar-refractivity contribution in [2.24, 2.45) is 0 Å². The van der Waals surface area contributed by atoms with E-state index in [4.69, 9.17) is 0 Å². The lowest BCUT2D eigenvalue weighted by Crippen LogP contribution is -2.40. The Morgan fingerprint density at radius 1 is 1.13 bits per heavy atom. The second-order valence-corrected chi connectivity index (χ2v) is 10.5. The molecule has 9 heteroatoms. The van der Waals surface area contributed by atoms with Gasteiger partial charge in [0.25, 0.3) is 11.8 Å². The maximum atomic E-state index is 12.3. The van der Waals surface area contributed by atoms with Crippen LogP contribution in [0.5, 0.6) is 0 Å². The molecule has 0 spiro atoms. The van der Waals surface area contributed by atoms with Gasteiger partial charge in [0.05, 0.1) is 6.04 Å². The summed E-state index contributed by atoms with van der Waals surface area (Å²) in [6.45, 7) is 5.61. The smallest absolute Gasteiger partial charge is 0.253 e. The van der Waals surface area contributed by atoms with Crippen LogP contribution in [0.15, 0.2) is 12.2 Å². The van der Waals surface area contributed by atoms with Crippen molar-refractivity contribution in [3.8, 4) is 0 Å². The quantitative estimate of drug-likeness (QED) is 0.236. The highest BCUT2D eigenvalue weighted by Gasteiger charge is 2.26. The molecule has 0 aliphatic carbocycles. The minimum absolute atomic E-state index is 0.101. The average molecular weight is 456 g/mol. The van der Waals surface area contributed by atoms with Gasteiger partial charge >= 0.3 is 0 Å². The number of nitrogens with zero attached hydrogens (tertiary/aromatic N) is 1. The van der Waals surface area contributed by atoms with Crippen LogP contribution < -0.4 is 10.6 Å². The summed E-state index contributed by atoms with van der Waals surface area (Å²) in [5.74, 6) is -0.670. The summed E-state index contributed by atoms with van der Waals surface area (Å²) in [6, 6.07) is -0.114. The van der Waals surface area contributed by atoms with Gasteiger partial charge in [0.15, 0.2) is 0 Å². The highest BCUT2D eigenvalue weighted by Crippen LogP contribution is 2.44. The van der Waals surface area contributed by atoms with E-state index >= 15 is 0 Å². The number of unbranched alkanes of at least 4 members (excludes halogenated alkanes) is 1. The standard InChI is InChI=1S/C21H33N3O4S2/c1-3-15-13-16(30-29-15)14-23-17(18(25)4-2)7-5-6-11-22-19(26)10-12-24-20(27)8-9-21(24)28/h8-9,15-17,23H,3-7,10-14H2,1-2H3,(H,22,26). The third-order valence-electron chi connectivity index (χ3n) is 5.34. The first kappa shape index (κ1) is 24.9. The Hall–Kier alpha value is -1.32. The first-order valence-electron chi connectivity index (χ1n) is 10.8. The second kappa shape index (κ2) is 13.2. The monoisotopic (exact) mass is 455 g/mol. The largest absolute Gasteiger partial charge is 0.356 e. The summed E-state index contributed by atoms with van der Waals surface area (Å²) >= 11 is 0. The number of Topliss-reactive ketones (excluding diaryl/α,β-unsaturated/α-hetero) is 1. The Balaban J connectivity index is 1.59. The summed E-state index contributed by atoms with van der Waals surface area (Å²) in [7, 11) is 3.89. The van der Waals surface area contributed by atoms with Gasteiger partial charge in [0.1, 0.15) is 5.78 Å². The van der Waals surface area contributed by atoms with Gasteiger partial charge in [-0.25, -0.2) is 0 Å². The predicted octanol–water partition coefficient (Wildman–Crippen LogP) is 2.46. The van der Waals surface area contributed by atoms with E-state index in [9.17, 15) is 19.2 Å². The molecule has 1 saturated heterocycles. The summed E-state index contributed by atoms with van der Waals surface area (Å²) in [6.07, 6.45) is 7.86. The van der Waals surface area contributed by atoms with Crippen molar-refractivity contribution in [3.63, 3.8) is 0 Å². The maximum absolute atomic E-state index is 12.3. The van der Waals surface area contributed by atoms with Crippen LogP contribution in [0.1, 0.15) is 58.8 Å². The topological polar surface area (TPSA) is 95.6 Å². The van der Waals surface area contributed by atoms with Crippen LogP contribution in [0.3, 0.4) is 0 Å². The van der Waals surface area contributed by atoms with Crippen LogP contribution in [0.2, 0.25) is 0 Å². The number of amides is 3. The molecule has 3 unspecified atom stereocenters. The molecule has 2 rings (SSSR count). The predicted molar refractivity (Wildman–Crippen MR) is 122 cm³/mol. The summed E-state index contributed by atoms with van der Waals surface area (Å²) < 4.78 is 0. The maximum Gasteiger partial charge on any atom is 0.253 e. The molecule has 0 radical (unpaired) electrons. The van der Waals surface area contributed by atoms with E-state index in [1.54, 1.807) is 0 Å². The van der Waals surface area contributed by atoms with Crippen LogP contribution in [0, 0.1) is 0 Å². The number of nitrogens with one attached hydrogen (secondary N) is 2. The summed E-state index contributed by atoms with van der Waals surface area (Å²) in [5, 5.41) is 7.58. The molecule has 30 heavy (non-hydrogen) atoms. The Kier molecular flexibility index (Phi) is 11.0. The van der Waals surface area contributed by atoms with E-state index in [0.717, 1.165) is 36.0 Å². The Morgan fingerprint density at radius 3 is 2.47 bits per heavy atom. The normalized spacial score (nSPS) is 22.0. The first-order valence-corrected chi connectivity index (χ1v) is 13.1. The molecule has 168 valence electrons. The molecular formula is C21H33N3O4S2. The third-order valence-corrected chi connectivity index (χ3v) is 8.85. The number of carbonyl (C=O) groups excluding carboxylic acids is 4. The molecule has 2 N–H and O–H groups in total. The molecule has 2 heterocycles. The lowest BCUT2D eigenvalue weighted by molar-refractivity contribution is -0.137. The lowest BCUT2D eigenvalue weighted by Gasteiger charge is -2.19. The van der Waals surface area contributed by atoms with E-state index in [2.05, 4.69) is 17.6 Å². The zero-order chi connectivity index (χ0) is 21.9. The molecule has 0 bridgehead atoms. The molecule has 7 nitrogen and oxygen atoms in total. The second-order valence-electron chi connectivity index (χ2n) is 7.62. The molecule has 2 aliphatic heterocycles. The zero-order valence-electron chi connectivity index (χ0n) is 17.9. The van der Waals surface area contributed by atoms with Gasteiger partial charge in [-0.3, -0.25) is 24.1 Å². The van der Waals surface area contributed by atoms with Crippen molar-refractivity contribution < 1.29 is 19.2 Å². The SMILES string of the molecule is CCC(=O)C(CCCCNC(=O)CCN1C(=O)C=CC1=O)NCC1CC(CC)SS1. The average Bonchev–Trinajstić information content (AvgIpc) is 3.34. The van der Waals surface area contributed by atoms with Crippen molar-refractivity contribution >= 4 is 45.1 Å². The number of hydrogen-bond donors (Lipinski definition) is 2. The van der Waals surface area contributed by atoms with Crippen LogP contribution >= 0.6 is 21.6 Å². The molecular weight excluding hydrogens is 422 g/mol. The van der Waals surface area contributed by atoms with Crippen LogP contribution in [-0.4, -0.2) is 64.6 Å². The molecule has 1 fully saturated rings. The Bertz CT molecular complexity index is 638. The minimum atomic E-state index is -0.369. The van der Waals surface area contributed by atoms with E-state index in [0.29, 0.717) is 18.2 Å². The fraction of sp³-hybridized carbons (Fsp3) is 0.714. The minimum Gasteiger partial charge on any atom is -0.356 e. The number of imide groups is 1. The van der Waals surface area contributed by atoms with Crippen molar-refractivity contribution in [1.82, 2.24) is 15.5 Å². The molecule has 3 atom stereocenters. The summed E-state index contributed by atoms with van der Waals surface area (Å²) in [4.78, 5) is 48.2. The molecule has 2 aliphatic rings. The van der Waals surface area contributed by atoms with E-state index in [-0.39, 0.29) is 42.5 Å². The highest BCUT2D eigenvalue weighted by molar-refractivity contribution is 8.77. The van der Waals surface area contributed by atoms with Crippen LogP contribution in [0.4, 0.5) is 0 Å². The first-order chi connectivity index (χ1) is 14.4. The van der Waals surface area contributed by atoms with Crippen molar-refractivity contribution in [3.05, 3.63) is 12.2 Å². The van der Waals surface area contributed by atoms with Gasteiger partial charge < -0.3 is 10.6 Å². The van der Waals surface area contributed by atoms with Crippen molar-refractivity contribution in [2.75, 3.05) is 19.6 Å². The number of carbonyl (C=O) groups is 4. The fourth-order valence-corrected chi connectivity index (χ4v) is 6.82. The van der Waals surface area contributed by atoms with Gasteiger partial charge in [0, 0.05) is 55.1 Å². The van der Waals surface area contributed by atoms with Crippen LogP contribution in [-0.2, 0) is 19.2 Å². The van der Waals surface area contributed by atoms with Gasteiger partial charge in [-0.05, 0) is 32.1 Å². The van der Waals surface area contributed by atoms with E-state index in [1.807, 2.05) is 28.5 Å². The molecule has 3 amide bonds. The molecule has 0 aromatic carbocycles. The Labute approximate surface area is 186 Å². The van der Waals surface area contributed by atoms with Crippen molar-refractivity contribution in [1.29, 1.82) is 0 Å². The van der Waals surface area contributed by atoms with Crippen LogP contribution in [0.25, 0.3) is 0 Å². The van der Waals surface area contributed by atoms with Crippen molar-refractivity contribution in [2.45, 2.75) is 75.3 Å². The highest BCUT2D eigenvalue weighted by atomic mass is 33.1. The number of rotatable bonds is 14. The number of ketones is 1. The molecule has 0 aromatic heterocycles. The van der Waals surface area contributed by atoms with E-state index < -0.39 is 0 Å². The molecule has 0 aromatic rings. The van der Waals surface area contributed by atoms with Gasteiger partial charge in [0.2, 0.25) is 5.91 Å². The fourth-order valence-electron chi connectivity index (χ4n) is 3.43. The summed E-state index contributed by atoms with van der Waals surface area (Å²) in [5.41, 5.74) is 0. The zero-order valence-corrected chi connectivity index (χ0v) is 19.5.